The number of rotatable bonds is 6. The second-order valence-corrected chi connectivity index (χ2v) is 6.17. The molecule has 0 aliphatic carbocycles. The van der Waals surface area contributed by atoms with Crippen LogP contribution in [-0.4, -0.2) is 37.9 Å². The summed E-state index contributed by atoms with van der Waals surface area (Å²) in [6.07, 6.45) is 3.40. The van der Waals surface area contributed by atoms with Gasteiger partial charge in [0.15, 0.2) is 5.82 Å². The number of carbonyl (C=O) groups excluding carboxylic acids is 1. The Hall–Kier alpha value is -2.22. The van der Waals surface area contributed by atoms with Gasteiger partial charge in [-0.3, -0.25) is 4.79 Å². The number of nitrogens with one attached hydrogen (secondary N) is 2. The number of nitrogens with zero attached hydrogens (tertiary/aromatic N) is 4. The number of aryl methyl sites for hydroxylation is 3. The molecule has 1 aliphatic heterocycles. The number of fused-ring (bicyclic) bond motifs is 1. The summed E-state index contributed by atoms with van der Waals surface area (Å²) >= 11 is 0. The Balaban J connectivity index is 1.62. The molecule has 0 bridgehead atoms. The largest absolute Gasteiger partial charge is 0.360 e. The van der Waals surface area contributed by atoms with Gasteiger partial charge in [0.25, 0.3) is 0 Å². The predicted molar refractivity (Wildman–Crippen MR) is 88.6 cm³/mol. The Kier molecular flexibility index (Phi) is 4.94. The van der Waals surface area contributed by atoms with Crippen LogP contribution in [0.4, 0.5) is 5.82 Å². The molecule has 2 atom stereocenters. The Morgan fingerprint density at radius 2 is 2.29 bits per heavy atom. The van der Waals surface area contributed by atoms with E-state index in [0.717, 1.165) is 37.5 Å². The summed E-state index contributed by atoms with van der Waals surface area (Å²) in [7, 11) is 0. The molecule has 0 spiro atoms. The molecule has 8 nitrogen and oxygen atoms in total. The molecule has 3 rings (SSSR count). The fourth-order valence-corrected chi connectivity index (χ4v) is 3.08. The lowest BCUT2D eigenvalue weighted by molar-refractivity contribution is -0.118. The van der Waals surface area contributed by atoms with Crippen molar-refractivity contribution in [2.75, 3.05) is 5.32 Å². The molecule has 1 aliphatic rings. The second kappa shape index (κ2) is 7.12. The first-order valence-corrected chi connectivity index (χ1v) is 8.51. The van der Waals surface area contributed by atoms with Crippen LogP contribution in [0, 0.1) is 6.92 Å². The van der Waals surface area contributed by atoms with E-state index in [1.807, 2.05) is 6.92 Å². The maximum Gasteiger partial charge on any atom is 0.242 e. The van der Waals surface area contributed by atoms with Crippen LogP contribution in [0.15, 0.2) is 10.6 Å². The fourth-order valence-electron chi connectivity index (χ4n) is 3.08. The quantitative estimate of drug-likeness (QED) is 0.831. The zero-order valence-electron chi connectivity index (χ0n) is 14.4. The minimum Gasteiger partial charge on any atom is -0.360 e. The highest BCUT2D eigenvalue weighted by molar-refractivity contribution is 5.94. The van der Waals surface area contributed by atoms with E-state index in [1.165, 1.54) is 0 Å². The molecule has 0 radical (unpaired) electrons. The molecule has 0 saturated carbocycles. The summed E-state index contributed by atoms with van der Waals surface area (Å²) in [5, 5.41) is 18.6. The zero-order valence-corrected chi connectivity index (χ0v) is 14.4. The second-order valence-electron chi connectivity index (χ2n) is 6.17. The van der Waals surface area contributed by atoms with Gasteiger partial charge in [0.1, 0.15) is 17.4 Å². The van der Waals surface area contributed by atoms with Crippen molar-refractivity contribution in [2.45, 2.75) is 65.1 Å². The van der Waals surface area contributed by atoms with Gasteiger partial charge < -0.3 is 19.7 Å². The van der Waals surface area contributed by atoms with Gasteiger partial charge in [-0.15, -0.1) is 10.2 Å². The van der Waals surface area contributed by atoms with E-state index >= 15 is 0 Å². The van der Waals surface area contributed by atoms with Crippen LogP contribution in [0.3, 0.4) is 0 Å². The zero-order chi connectivity index (χ0) is 17.1. The highest BCUT2D eigenvalue weighted by atomic mass is 16.5. The van der Waals surface area contributed by atoms with Crippen molar-refractivity contribution in [3.05, 3.63) is 23.5 Å². The van der Waals surface area contributed by atoms with Crippen LogP contribution in [0.1, 0.15) is 44.1 Å². The molecule has 1 amide bonds. The average Bonchev–Trinajstić information content (AvgIpc) is 3.17. The van der Waals surface area contributed by atoms with Gasteiger partial charge in [-0.2, -0.15) is 0 Å². The Morgan fingerprint density at radius 1 is 1.46 bits per heavy atom. The first-order chi connectivity index (χ1) is 11.6. The number of hydrogen-bond acceptors (Lipinski definition) is 6. The maximum absolute atomic E-state index is 12.5. The van der Waals surface area contributed by atoms with Gasteiger partial charge in [0.05, 0.1) is 6.04 Å². The number of carbonyl (C=O) groups is 1. The standard InChI is InChI=1S/C16H24N6O2/c1-4-12(16(23)18-13-8-10(3)24-21-13)17-11-6-7-15-20-19-14(5-2)22(15)9-11/h8,11-12,17H,4-7,9H2,1-3H3,(H,18,21,23). The van der Waals surface area contributed by atoms with Crippen molar-refractivity contribution in [1.82, 2.24) is 25.2 Å². The number of anilines is 1. The Bertz CT molecular complexity index is 694. The summed E-state index contributed by atoms with van der Waals surface area (Å²) < 4.78 is 7.16. The number of hydrogen-bond donors (Lipinski definition) is 2. The first-order valence-electron chi connectivity index (χ1n) is 8.51. The van der Waals surface area contributed by atoms with Gasteiger partial charge in [0.2, 0.25) is 5.91 Å². The third-order valence-corrected chi connectivity index (χ3v) is 4.38. The SMILES string of the molecule is CCc1nnc2n1CC(NC(CC)C(=O)Nc1cc(C)on1)CC2. The van der Waals surface area contributed by atoms with Gasteiger partial charge in [-0.05, 0) is 19.8 Å². The lowest BCUT2D eigenvalue weighted by Crippen LogP contribution is -2.48. The molecular formula is C16H24N6O2. The van der Waals surface area contributed by atoms with Gasteiger partial charge in [0, 0.05) is 31.5 Å². The summed E-state index contributed by atoms with van der Waals surface area (Å²) in [6, 6.07) is 1.67. The highest BCUT2D eigenvalue weighted by Crippen LogP contribution is 2.17. The summed E-state index contributed by atoms with van der Waals surface area (Å²) in [5.41, 5.74) is 0. The first kappa shape index (κ1) is 16.6. The van der Waals surface area contributed by atoms with Crippen LogP contribution in [0.25, 0.3) is 0 Å². The molecule has 24 heavy (non-hydrogen) atoms. The molecule has 2 aromatic heterocycles. The van der Waals surface area contributed by atoms with Crippen LogP contribution < -0.4 is 10.6 Å². The van der Waals surface area contributed by atoms with E-state index < -0.39 is 0 Å². The minimum absolute atomic E-state index is 0.0870. The van der Waals surface area contributed by atoms with Crippen molar-refractivity contribution in [2.24, 2.45) is 0 Å². The molecule has 0 aromatic carbocycles. The minimum atomic E-state index is -0.268. The molecule has 2 unspecified atom stereocenters. The molecule has 130 valence electrons. The van der Waals surface area contributed by atoms with E-state index in [9.17, 15) is 4.79 Å². The molecule has 0 saturated heterocycles. The third kappa shape index (κ3) is 3.48. The van der Waals surface area contributed by atoms with E-state index in [0.29, 0.717) is 18.0 Å². The molecule has 2 N–H and O–H groups in total. The predicted octanol–water partition coefficient (Wildman–Crippen LogP) is 1.46. The Morgan fingerprint density at radius 3 is 2.96 bits per heavy atom. The van der Waals surface area contributed by atoms with E-state index in [1.54, 1.807) is 13.0 Å². The summed E-state index contributed by atoms with van der Waals surface area (Å²) in [6.45, 7) is 6.67. The molecule has 0 fully saturated rings. The lowest BCUT2D eigenvalue weighted by Gasteiger charge is -2.28. The van der Waals surface area contributed by atoms with Crippen molar-refractivity contribution in [3.63, 3.8) is 0 Å². The van der Waals surface area contributed by atoms with Gasteiger partial charge in [-0.25, -0.2) is 0 Å². The third-order valence-electron chi connectivity index (χ3n) is 4.38. The fraction of sp³-hybridized carbons (Fsp3) is 0.625. The molecule has 8 heteroatoms. The topological polar surface area (TPSA) is 97.9 Å². The molecule has 2 aromatic rings. The van der Waals surface area contributed by atoms with Crippen molar-refractivity contribution in [3.8, 4) is 0 Å². The van der Waals surface area contributed by atoms with Crippen LogP contribution in [0.2, 0.25) is 0 Å². The van der Waals surface area contributed by atoms with E-state index in [4.69, 9.17) is 4.52 Å². The summed E-state index contributed by atoms with van der Waals surface area (Å²) in [4.78, 5) is 12.5. The van der Waals surface area contributed by atoms with Crippen molar-refractivity contribution < 1.29 is 9.32 Å². The smallest absolute Gasteiger partial charge is 0.242 e. The highest BCUT2D eigenvalue weighted by Gasteiger charge is 2.26. The van der Waals surface area contributed by atoms with E-state index in [-0.39, 0.29) is 18.0 Å². The van der Waals surface area contributed by atoms with E-state index in [2.05, 4.69) is 37.5 Å². The van der Waals surface area contributed by atoms with Gasteiger partial charge in [-0.1, -0.05) is 19.0 Å². The van der Waals surface area contributed by atoms with Crippen molar-refractivity contribution >= 4 is 11.7 Å². The van der Waals surface area contributed by atoms with Crippen molar-refractivity contribution in [1.29, 1.82) is 0 Å². The lowest BCUT2D eigenvalue weighted by atomic mass is 10.0. The number of aromatic nitrogens is 4. The average molecular weight is 332 g/mol. The van der Waals surface area contributed by atoms with Crippen LogP contribution in [0.5, 0.6) is 0 Å². The van der Waals surface area contributed by atoms with Crippen LogP contribution >= 0.6 is 0 Å². The number of amides is 1. The van der Waals surface area contributed by atoms with Gasteiger partial charge >= 0.3 is 0 Å². The molecule has 3 heterocycles. The van der Waals surface area contributed by atoms with Crippen LogP contribution in [-0.2, 0) is 24.2 Å². The normalized spacial score (nSPS) is 18.2. The maximum atomic E-state index is 12.5. The monoisotopic (exact) mass is 332 g/mol. The Labute approximate surface area is 141 Å². The molecular weight excluding hydrogens is 308 g/mol. The summed E-state index contributed by atoms with van der Waals surface area (Å²) in [5.74, 6) is 3.09.